The fourth-order valence-corrected chi connectivity index (χ4v) is 5.14. The smallest absolute Gasteiger partial charge is 0.252 e. The van der Waals surface area contributed by atoms with Crippen molar-refractivity contribution < 1.29 is 8.42 Å². The Morgan fingerprint density at radius 2 is 2.29 bits per heavy atom. The summed E-state index contributed by atoms with van der Waals surface area (Å²) in [6.07, 6.45) is 3.74. The summed E-state index contributed by atoms with van der Waals surface area (Å²) in [5.74, 6) is 0. The third-order valence-electron chi connectivity index (χ3n) is 3.13. The average Bonchev–Trinajstić information content (AvgIpc) is 2.84. The molecule has 0 aliphatic carbocycles. The highest BCUT2D eigenvalue weighted by molar-refractivity contribution is 7.91. The molecule has 4 nitrogen and oxygen atoms in total. The Labute approximate surface area is 106 Å². The lowest BCUT2D eigenvalue weighted by Gasteiger charge is -2.34. The Kier molecular flexibility index (Phi) is 4.19. The van der Waals surface area contributed by atoms with Crippen molar-refractivity contribution in [2.75, 3.05) is 13.1 Å². The van der Waals surface area contributed by atoms with Gasteiger partial charge in [0.05, 0.1) is 0 Å². The fraction of sp³-hybridized carbons (Fsp3) is 0.636. The second-order valence-corrected chi connectivity index (χ2v) is 7.34. The minimum Gasteiger partial charge on any atom is -0.330 e. The molecule has 96 valence electrons. The second-order valence-electron chi connectivity index (χ2n) is 4.27. The molecule has 6 heteroatoms. The van der Waals surface area contributed by atoms with E-state index in [4.69, 9.17) is 5.73 Å². The maximum absolute atomic E-state index is 12.4. The van der Waals surface area contributed by atoms with E-state index in [1.165, 1.54) is 11.3 Å². The summed E-state index contributed by atoms with van der Waals surface area (Å²) in [7, 11) is -3.29. The van der Waals surface area contributed by atoms with Crippen LogP contribution in [-0.2, 0) is 10.0 Å². The molecule has 0 aromatic carbocycles. The van der Waals surface area contributed by atoms with E-state index in [9.17, 15) is 8.42 Å². The van der Waals surface area contributed by atoms with Crippen LogP contribution in [0.2, 0.25) is 0 Å². The summed E-state index contributed by atoms with van der Waals surface area (Å²) in [4.78, 5) is 0. The van der Waals surface area contributed by atoms with Gasteiger partial charge in [-0.2, -0.15) is 4.31 Å². The lowest BCUT2D eigenvalue weighted by Crippen LogP contribution is -2.44. The molecule has 1 unspecified atom stereocenters. The number of sulfonamides is 1. The summed E-state index contributed by atoms with van der Waals surface area (Å²) in [6.45, 7) is 1.17. The number of thiophene rings is 1. The molecule has 2 N–H and O–H groups in total. The molecule has 1 aliphatic rings. The maximum atomic E-state index is 12.4. The van der Waals surface area contributed by atoms with Crippen LogP contribution >= 0.6 is 11.3 Å². The van der Waals surface area contributed by atoms with E-state index in [1.807, 2.05) is 0 Å². The average molecular weight is 274 g/mol. The Balaban J connectivity index is 2.24. The third kappa shape index (κ3) is 2.70. The van der Waals surface area contributed by atoms with Crippen LogP contribution in [0, 0.1) is 0 Å². The number of nitrogens with zero attached hydrogens (tertiary/aromatic N) is 1. The van der Waals surface area contributed by atoms with Gasteiger partial charge in [0.25, 0.3) is 10.0 Å². The van der Waals surface area contributed by atoms with Crippen molar-refractivity contribution in [3.05, 3.63) is 17.5 Å². The van der Waals surface area contributed by atoms with Gasteiger partial charge in [-0.05, 0) is 37.3 Å². The highest BCUT2D eigenvalue weighted by atomic mass is 32.2. The molecule has 1 fully saturated rings. The number of nitrogens with two attached hydrogens (primary N) is 1. The van der Waals surface area contributed by atoms with Crippen LogP contribution in [0.4, 0.5) is 0 Å². The van der Waals surface area contributed by atoms with Crippen LogP contribution in [0.25, 0.3) is 0 Å². The molecule has 1 aromatic rings. The largest absolute Gasteiger partial charge is 0.330 e. The van der Waals surface area contributed by atoms with E-state index in [-0.39, 0.29) is 6.04 Å². The molecule has 0 amide bonds. The van der Waals surface area contributed by atoms with E-state index in [0.29, 0.717) is 17.3 Å². The van der Waals surface area contributed by atoms with E-state index >= 15 is 0 Å². The third-order valence-corrected chi connectivity index (χ3v) is 6.46. The van der Waals surface area contributed by atoms with Crippen LogP contribution in [0.15, 0.2) is 21.7 Å². The fourth-order valence-electron chi connectivity index (χ4n) is 2.30. The number of hydrogen-bond acceptors (Lipinski definition) is 4. The standard InChI is InChI=1S/C11H18N2O2S2/c12-7-6-10-4-1-2-8-13(10)17(14,15)11-5-3-9-16-11/h3,5,9-10H,1-2,4,6-8,12H2. The van der Waals surface area contributed by atoms with Gasteiger partial charge in [-0.3, -0.25) is 0 Å². The lowest BCUT2D eigenvalue weighted by atomic mass is 10.0. The van der Waals surface area contributed by atoms with Gasteiger partial charge in [0, 0.05) is 12.6 Å². The van der Waals surface area contributed by atoms with Crippen LogP contribution in [0.5, 0.6) is 0 Å². The second kappa shape index (κ2) is 5.48. The highest BCUT2D eigenvalue weighted by Gasteiger charge is 2.33. The molecule has 1 saturated heterocycles. The Morgan fingerprint density at radius 3 is 2.94 bits per heavy atom. The van der Waals surface area contributed by atoms with E-state index in [2.05, 4.69) is 0 Å². The lowest BCUT2D eigenvalue weighted by molar-refractivity contribution is 0.243. The minimum absolute atomic E-state index is 0.0841. The first-order valence-electron chi connectivity index (χ1n) is 5.91. The Hall–Kier alpha value is -0.430. The van der Waals surface area contributed by atoms with E-state index in [1.54, 1.807) is 21.8 Å². The highest BCUT2D eigenvalue weighted by Crippen LogP contribution is 2.28. The van der Waals surface area contributed by atoms with Crippen molar-refractivity contribution in [1.82, 2.24) is 4.31 Å². The van der Waals surface area contributed by atoms with E-state index in [0.717, 1.165) is 25.7 Å². The summed E-state index contributed by atoms with van der Waals surface area (Å²) < 4.78 is 27.0. The summed E-state index contributed by atoms with van der Waals surface area (Å²) in [6, 6.07) is 3.54. The van der Waals surface area contributed by atoms with Crippen LogP contribution < -0.4 is 5.73 Å². The van der Waals surface area contributed by atoms with Crippen molar-refractivity contribution in [3.63, 3.8) is 0 Å². The van der Waals surface area contributed by atoms with Gasteiger partial charge < -0.3 is 5.73 Å². The first kappa shape index (κ1) is 13.0. The molecule has 0 saturated carbocycles. The van der Waals surface area contributed by atoms with Crippen molar-refractivity contribution >= 4 is 21.4 Å². The molecule has 1 aliphatic heterocycles. The van der Waals surface area contributed by atoms with Crippen LogP contribution in [0.1, 0.15) is 25.7 Å². The Morgan fingerprint density at radius 1 is 1.47 bits per heavy atom. The van der Waals surface area contributed by atoms with Gasteiger partial charge in [0.15, 0.2) is 0 Å². The first-order chi connectivity index (χ1) is 8.16. The topological polar surface area (TPSA) is 63.4 Å². The van der Waals surface area contributed by atoms with Gasteiger partial charge in [0.1, 0.15) is 4.21 Å². The maximum Gasteiger partial charge on any atom is 0.252 e. The van der Waals surface area contributed by atoms with Crippen LogP contribution in [-0.4, -0.2) is 31.9 Å². The van der Waals surface area contributed by atoms with Gasteiger partial charge in [0.2, 0.25) is 0 Å². The number of rotatable bonds is 4. The predicted molar refractivity (Wildman–Crippen MR) is 69.5 cm³/mol. The SMILES string of the molecule is NCCC1CCCCN1S(=O)(=O)c1cccs1. The molecular formula is C11H18N2O2S2. The van der Waals surface area contributed by atoms with Crippen molar-refractivity contribution in [3.8, 4) is 0 Å². The minimum atomic E-state index is -3.29. The monoisotopic (exact) mass is 274 g/mol. The molecular weight excluding hydrogens is 256 g/mol. The molecule has 0 spiro atoms. The summed E-state index contributed by atoms with van der Waals surface area (Å²) in [5, 5.41) is 1.80. The molecule has 2 rings (SSSR count). The molecule has 0 bridgehead atoms. The summed E-state index contributed by atoms with van der Waals surface area (Å²) >= 11 is 1.28. The molecule has 1 aromatic heterocycles. The van der Waals surface area contributed by atoms with Gasteiger partial charge in [-0.25, -0.2) is 8.42 Å². The van der Waals surface area contributed by atoms with Gasteiger partial charge in [-0.1, -0.05) is 12.5 Å². The normalized spacial score (nSPS) is 22.8. The quantitative estimate of drug-likeness (QED) is 0.908. The molecule has 17 heavy (non-hydrogen) atoms. The molecule has 1 atom stereocenters. The van der Waals surface area contributed by atoms with Crippen molar-refractivity contribution in [1.29, 1.82) is 0 Å². The van der Waals surface area contributed by atoms with Crippen molar-refractivity contribution in [2.45, 2.75) is 35.9 Å². The number of piperidine rings is 1. The van der Waals surface area contributed by atoms with Gasteiger partial charge in [-0.15, -0.1) is 11.3 Å². The van der Waals surface area contributed by atoms with Crippen molar-refractivity contribution in [2.24, 2.45) is 5.73 Å². The van der Waals surface area contributed by atoms with Gasteiger partial charge >= 0.3 is 0 Å². The zero-order valence-corrected chi connectivity index (χ0v) is 11.3. The zero-order chi connectivity index (χ0) is 12.3. The molecule has 2 heterocycles. The zero-order valence-electron chi connectivity index (χ0n) is 9.71. The Bertz CT molecular complexity index is 440. The van der Waals surface area contributed by atoms with E-state index < -0.39 is 10.0 Å². The van der Waals surface area contributed by atoms with Crippen LogP contribution in [0.3, 0.4) is 0 Å². The predicted octanol–water partition coefficient (Wildman–Crippen LogP) is 1.64. The molecule has 0 radical (unpaired) electrons. The number of hydrogen-bond donors (Lipinski definition) is 1. The first-order valence-corrected chi connectivity index (χ1v) is 8.23. The summed E-state index contributed by atoms with van der Waals surface area (Å²) in [5.41, 5.74) is 5.56.